The van der Waals surface area contributed by atoms with E-state index in [4.69, 9.17) is 16.3 Å². The summed E-state index contributed by atoms with van der Waals surface area (Å²) < 4.78 is 18.5. The molecule has 0 spiro atoms. The summed E-state index contributed by atoms with van der Waals surface area (Å²) >= 11 is 5.58. The van der Waals surface area contributed by atoms with Crippen molar-refractivity contribution in [1.82, 2.24) is 15.6 Å². The summed E-state index contributed by atoms with van der Waals surface area (Å²) in [5.41, 5.74) is 1.80. The number of aromatic nitrogens is 1. The predicted molar refractivity (Wildman–Crippen MR) is 105 cm³/mol. The third-order valence-electron chi connectivity index (χ3n) is 3.76. The molecule has 0 aliphatic carbocycles. The van der Waals surface area contributed by atoms with Gasteiger partial charge in [-0.15, -0.1) is 0 Å². The van der Waals surface area contributed by atoms with Gasteiger partial charge in [0.05, 0.1) is 5.02 Å². The summed E-state index contributed by atoms with van der Waals surface area (Å²) in [7, 11) is 0. The molecule has 6 nitrogen and oxygen atoms in total. The highest BCUT2D eigenvalue weighted by Gasteiger charge is 2.09. The molecular formula is C20H21ClFN3O3. The van der Waals surface area contributed by atoms with Gasteiger partial charge in [-0.2, -0.15) is 0 Å². The van der Waals surface area contributed by atoms with Crippen LogP contribution in [0, 0.1) is 5.82 Å². The Bertz CT molecular complexity index is 856. The Labute approximate surface area is 167 Å². The Balaban J connectivity index is 1.68. The van der Waals surface area contributed by atoms with Gasteiger partial charge < -0.3 is 15.4 Å². The van der Waals surface area contributed by atoms with E-state index in [0.29, 0.717) is 24.4 Å². The van der Waals surface area contributed by atoms with Crippen LogP contribution in [0.2, 0.25) is 5.02 Å². The predicted octanol–water partition coefficient (Wildman–Crippen LogP) is 3.27. The highest BCUT2D eigenvalue weighted by molar-refractivity contribution is 6.30. The van der Waals surface area contributed by atoms with Crippen molar-refractivity contribution < 1.29 is 18.7 Å². The number of carbonyl (C=O) groups excluding carboxylic acids is 2. The van der Waals surface area contributed by atoms with E-state index in [-0.39, 0.29) is 23.3 Å². The average Bonchev–Trinajstić information content (AvgIpc) is 2.68. The van der Waals surface area contributed by atoms with Gasteiger partial charge in [-0.3, -0.25) is 14.6 Å². The molecule has 0 unspecified atom stereocenters. The Morgan fingerprint density at radius 1 is 1.29 bits per heavy atom. The van der Waals surface area contributed by atoms with E-state index in [1.165, 1.54) is 12.1 Å². The molecule has 1 heterocycles. The van der Waals surface area contributed by atoms with Crippen LogP contribution >= 0.6 is 11.6 Å². The fourth-order valence-electron chi connectivity index (χ4n) is 2.20. The number of benzene rings is 1. The number of aryl methyl sites for hydroxylation is 1. The molecule has 0 aliphatic heterocycles. The second-order valence-electron chi connectivity index (χ2n) is 5.93. The number of hydrogen-bond donors (Lipinski definition) is 2. The molecule has 2 rings (SSSR count). The molecule has 0 aliphatic rings. The van der Waals surface area contributed by atoms with E-state index in [9.17, 15) is 14.0 Å². The van der Waals surface area contributed by atoms with Gasteiger partial charge in [0.15, 0.2) is 6.61 Å². The first-order chi connectivity index (χ1) is 13.4. The van der Waals surface area contributed by atoms with Crippen LogP contribution in [0.3, 0.4) is 0 Å². The SMILES string of the molecule is C=C(CCNC(=O)c1ccc(CC)cn1)NC(=O)COc1ccc(Cl)c(F)c1. The number of halogens is 2. The molecule has 8 heteroatoms. The Morgan fingerprint density at radius 2 is 2.07 bits per heavy atom. The van der Waals surface area contributed by atoms with Crippen LogP contribution in [0.5, 0.6) is 5.75 Å². The van der Waals surface area contributed by atoms with E-state index in [2.05, 4.69) is 22.2 Å². The van der Waals surface area contributed by atoms with Gasteiger partial charge in [-0.05, 0) is 30.2 Å². The molecule has 148 valence electrons. The number of ether oxygens (including phenoxy) is 1. The fraction of sp³-hybridized carbons (Fsp3) is 0.250. The van der Waals surface area contributed by atoms with Crippen molar-refractivity contribution in [2.24, 2.45) is 0 Å². The number of amides is 2. The van der Waals surface area contributed by atoms with Crippen molar-refractivity contribution in [3.8, 4) is 5.75 Å². The van der Waals surface area contributed by atoms with E-state index in [1.54, 1.807) is 12.3 Å². The number of carbonyl (C=O) groups is 2. The van der Waals surface area contributed by atoms with Gasteiger partial charge in [-0.25, -0.2) is 4.39 Å². The lowest BCUT2D eigenvalue weighted by Gasteiger charge is -2.10. The highest BCUT2D eigenvalue weighted by atomic mass is 35.5. The highest BCUT2D eigenvalue weighted by Crippen LogP contribution is 2.20. The zero-order valence-electron chi connectivity index (χ0n) is 15.4. The fourth-order valence-corrected chi connectivity index (χ4v) is 2.31. The first-order valence-electron chi connectivity index (χ1n) is 8.67. The molecule has 0 saturated heterocycles. The number of rotatable bonds is 9. The zero-order chi connectivity index (χ0) is 20.5. The first-order valence-corrected chi connectivity index (χ1v) is 9.05. The quantitative estimate of drug-likeness (QED) is 0.671. The van der Waals surface area contributed by atoms with Crippen molar-refractivity contribution in [3.63, 3.8) is 0 Å². The van der Waals surface area contributed by atoms with E-state index < -0.39 is 11.7 Å². The number of hydrogen-bond acceptors (Lipinski definition) is 4. The minimum Gasteiger partial charge on any atom is -0.484 e. The van der Waals surface area contributed by atoms with Crippen molar-refractivity contribution in [2.45, 2.75) is 19.8 Å². The zero-order valence-corrected chi connectivity index (χ0v) is 16.2. The summed E-state index contributed by atoms with van der Waals surface area (Å²) in [6, 6.07) is 7.43. The van der Waals surface area contributed by atoms with Crippen molar-refractivity contribution in [1.29, 1.82) is 0 Å². The van der Waals surface area contributed by atoms with Crippen LogP contribution in [0.25, 0.3) is 0 Å². The number of pyridine rings is 1. The molecule has 1 aromatic carbocycles. The third-order valence-corrected chi connectivity index (χ3v) is 4.06. The Hall–Kier alpha value is -2.93. The maximum atomic E-state index is 13.3. The monoisotopic (exact) mass is 405 g/mol. The molecule has 2 amide bonds. The number of nitrogens with zero attached hydrogens (tertiary/aromatic N) is 1. The molecule has 0 radical (unpaired) electrons. The van der Waals surface area contributed by atoms with E-state index in [1.807, 2.05) is 13.0 Å². The van der Waals surface area contributed by atoms with E-state index >= 15 is 0 Å². The second kappa shape index (κ2) is 10.4. The third kappa shape index (κ3) is 6.66. The molecule has 0 atom stereocenters. The minimum atomic E-state index is -0.626. The molecule has 1 aromatic heterocycles. The topological polar surface area (TPSA) is 80.3 Å². The lowest BCUT2D eigenvalue weighted by molar-refractivity contribution is -0.122. The summed E-state index contributed by atoms with van der Waals surface area (Å²) in [6.45, 7) is 5.73. The maximum absolute atomic E-state index is 13.3. The van der Waals surface area contributed by atoms with Crippen molar-refractivity contribution >= 4 is 23.4 Å². The second-order valence-corrected chi connectivity index (χ2v) is 6.33. The summed E-state index contributed by atoms with van der Waals surface area (Å²) in [5, 5.41) is 5.25. The van der Waals surface area contributed by atoms with Crippen LogP contribution in [-0.2, 0) is 11.2 Å². The van der Waals surface area contributed by atoms with Gasteiger partial charge in [0, 0.05) is 30.9 Å². The van der Waals surface area contributed by atoms with Crippen LogP contribution in [0.4, 0.5) is 4.39 Å². The molecule has 0 saturated carbocycles. The summed E-state index contributed by atoms with van der Waals surface area (Å²) in [4.78, 5) is 28.0. The van der Waals surface area contributed by atoms with Crippen molar-refractivity contribution in [2.75, 3.05) is 13.2 Å². The smallest absolute Gasteiger partial charge is 0.269 e. The largest absolute Gasteiger partial charge is 0.484 e. The Kier molecular flexibility index (Phi) is 7.95. The standard InChI is InChI=1S/C20H21ClFN3O3/c1-3-14-4-7-18(24-11-14)20(27)23-9-8-13(2)25-19(26)12-28-15-5-6-16(21)17(22)10-15/h4-7,10-11H,2-3,8-9,12H2,1H3,(H,23,27)(H,25,26). The molecular weight excluding hydrogens is 385 g/mol. The normalized spacial score (nSPS) is 10.2. The molecule has 2 aromatic rings. The van der Waals surface area contributed by atoms with Gasteiger partial charge in [-0.1, -0.05) is 31.2 Å². The van der Waals surface area contributed by atoms with Crippen molar-refractivity contribution in [3.05, 3.63) is 70.9 Å². The molecule has 0 bridgehead atoms. The van der Waals surface area contributed by atoms with Crippen LogP contribution in [0.15, 0.2) is 48.8 Å². The minimum absolute atomic E-state index is 0.0243. The van der Waals surface area contributed by atoms with Gasteiger partial charge in [0.25, 0.3) is 11.8 Å². The van der Waals surface area contributed by atoms with Crippen LogP contribution < -0.4 is 15.4 Å². The van der Waals surface area contributed by atoms with Gasteiger partial charge in [0.2, 0.25) is 0 Å². The lowest BCUT2D eigenvalue weighted by Crippen LogP contribution is -2.31. The lowest BCUT2D eigenvalue weighted by atomic mass is 10.2. The maximum Gasteiger partial charge on any atom is 0.269 e. The van der Waals surface area contributed by atoms with Crippen LogP contribution in [0.1, 0.15) is 29.4 Å². The number of nitrogens with one attached hydrogen (secondary N) is 2. The first kappa shape index (κ1) is 21.4. The molecule has 2 N–H and O–H groups in total. The summed E-state index contributed by atoms with van der Waals surface area (Å²) in [6.07, 6.45) is 2.87. The van der Waals surface area contributed by atoms with Crippen LogP contribution in [-0.4, -0.2) is 29.9 Å². The summed E-state index contributed by atoms with van der Waals surface area (Å²) in [5.74, 6) is -1.17. The molecule has 28 heavy (non-hydrogen) atoms. The Morgan fingerprint density at radius 3 is 2.71 bits per heavy atom. The van der Waals surface area contributed by atoms with E-state index in [0.717, 1.165) is 18.1 Å². The average molecular weight is 406 g/mol. The van der Waals surface area contributed by atoms with Gasteiger partial charge >= 0.3 is 0 Å². The molecule has 0 fully saturated rings. The van der Waals surface area contributed by atoms with Gasteiger partial charge in [0.1, 0.15) is 17.3 Å².